The Morgan fingerprint density at radius 1 is 0.973 bits per heavy atom. The van der Waals surface area contributed by atoms with Crippen LogP contribution < -0.4 is 5.32 Å². The monoisotopic (exact) mass is 517 g/mol. The van der Waals surface area contributed by atoms with E-state index in [1.807, 2.05) is 0 Å². The van der Waals surface area contributed by atoms with Crippen molar-refractivity contribution in [1.29, 1.82) is 0 Å². The first-order valence-electron chi connectivity index (χ1n) is 11.2. The summed E-state index contributed by atoms with van der Waals surface area (Å²) in [6, 6.07) is 10.9. The molecule has 0 aliphatic heterocycles. The smallest absolute Gasteiger partial charge is 0.416 e. The second-order valence-electron chi connectivity index (χ2n) is 8.45. The number of hydrogen-bond donors (Lipinski definition) is 2. The summed E-state index contributed by atoms with van der Waals surface area (Å²) in [5.74, 6) is -0.543. The molecule has 37 heavy (non-hydrogen) atoms. The van der Waals surface area contributed by atoms with Crippen LogP contribution in [0.15, 0.2) is 69.9 Å². The topological polar surface area (TPSA) is 97.6 Å². The van der Waals surface area contributed by atoms with E-state index in [2.05, 4.69) is 15.3 Å². The number of rotatable bonds is 9. The zero-order chi connectivity index (χ0) is 27.8. The van der Waals surface area contributed by atoms with E-state index in [1.165, 1.54) is 0 Å². The lowest BCUT2D eigenvalue weighted by Crippen LogP contribution is -2.28. The zero-order valence-corrected chi connectivity index (χ0v) is 21.3. The maximum absolute atomic E-state index is 12.7. The molecule has 0 aromatic heterocycles. The summed E-state index contributed by atoms with van der Waals surface area (Å²) in [6.07, 6.45) is -2.61. The van der Waals surface area contributed by atoms with Gasteiger partial charge in [-0.3, -0.25) is 14.6 Å². The largest absolute Gasteiger partial charge is 0.481 e. The van der Waals surface area contributed by atoms with E-state index in [1.54, 1.807) is 75.5 Å². The molecule has 0 saturated carbocycles. The van der Waals surface area contributed by atoms with Crippen molar-refractivity contribution >= 4 is 29.6 Å². The van der Waals surface area contributed by atoms with Crippen LogP contribution in [0.2, 0.25) is 0 Å². The number of carboxylic acid groups (broad SMARTS) is 1. The van der Waals surface area contributed by atoms with Gasteiger partial charge in [-0.25, -0.2) is 4.99 Å². The Morgan fingerprint density at radius 2 is 1.57 bits per heavy atom. The number of halogens is 3. The van der Waals surface area contributed by atoms with E-state index < -0.39 is 23.6 Å². The van der Waals surface area contributed by atoms with Crippen LogP contribution in [-0.4, -0.2) is 74.1 Å². The number of anilines is 1. The van der Waals surface area contributed by atoms with Gasteiger partial charge in [-0.15, -0.1) is 0 Å². The lowest BCUT2D eigenvalue weighted by Gasteiger charge is -2.23. The predicted molar refractivity (Wildman–Crippen MR) is 138 cm³/mol. The molecule has 11 heteroatoms. The second-order valence-corrected chi connectivity index (χ2v) is 8.45. The molecule has 8 nitrogen and oxygen atoms in total. The average molecular weight is 518 g/mol. The predicted octanol–water partition coefficient (Wildman–Crippen LogP) is 4.41. The fraction of sp³-hybridized carbons (Fsp3) is 0.308. The molecule has 0 radical (unpaired) electrons. The number of hydrogen-bond acceptors (Lipinski definition) is 5. The molecule has 0 heterocycles. The molecule has 1 amide bonds. The highest BCUT2D eigenvalue weighted by molar-refractivity contribution is 6.04. The molecule has 0 aliphatic carbocycles. The van der Waals surface area contributed by atoms with Crippen molar-refractivity contribution < 1.29 is 27.9 Å². The van der Waals surface area contributed by atoms with Crippen LogP contribution in [-0.2, 0) is 17.4 Å². The minimum absolute atomic E-state index is 0.108. The maximum atomic E-state index is 12.7. The van der Waals surface area contributed by atoms with Crippen molar-refractivity contribution in [2.45, 2.75) is 19.0 Å². The molecule has 0 atom stereocenters. The van der Waals surface area contributed by atoms with E-state index >= 15 is 0 Å². The maximum Gasteiger partial charge on any atom is 0.416 e. The van der Waals surface area contributed by atoms with Gasteiger partial charge in [-0.05, 0) is 42.0 Å². The minimum atomic E-state index is -4.46. The Bertz CT molecular complexity index is 1180. The third-order valence-electron chi connectivity index (χ3n) is 5.15. The second kappa shape index (κ2) is 12.7. The highest BCUT2D eigenvalue weighted by atomic mass is 19.4. The van der Waals surface area contributed by atoms with Crippen LogP contribution in [0.1, 0.15) is 27.9 Å². The molecular weight excluding hydrogens is 487 g/mol. The van der Waals surface area contributed by atoms with E-state index in [0.717, 1.165) is 29.8 Å². The summed E-state index contributed by atoms with van der Waals surface area (Å²) in [5, 5.41) is 12.1. The fourth-order valence-corrected chi connectivity index (χ4v) is 3.45. The Kier molecular flexibility index (Phi) is 9.98. The molecule has 2 aromatic carbocycles. The Labute approximate surface area is 213 Å². The number of nitrogens with zero attached hydrogens (tertiary/aromatic N) is 4. The number of carbonyl (C=O) groups excluding carboxylic acids is 1. The fourth-order valence-electron chi connectivity index (χ4n) is 3.45. The van der Waals surface area contributed by atoms with Crippen LogP contribution in [0.25, 0.3) is 0 Å². The molecule has 0 bridgehead atoms. The lowest BCUT2D eigenvalue weighted by atomic mass is 10.1. The van der Waals surface area contributed by atoms with Gasteiger partial charge in [0, 0.05) is 64.7 Å². The molecule has 0 saturated heterocycles. The van der Waals surface area contributed by atoms with Crippen molar-refractivity contribution in [2.75, 3.05) is 40.6 Å². The number of likely N-dealkylation sites (N-methyl/N-ethyl adjacent to an activating group) is 1. The van der Waals surface area contributed by atoms with Gasteiger partial charge in [0.05, 0.1) is 12.0 Å². The Hall–Kier alpha value is -4.15. The van der Waals surface area contributed by atoms with Crippen molar-refractivity contribution in [3.05, 3.63) is 76.6 Å². The SMILES string of the molecule is CN=C(/C(CC(=O)O)=C(\N=CCc1ccc(NC(=O)c2ccc(C(F)(F)F)cc2)cc1)N(C)C)N(C)C. The highest BCUT2D eigenvalue weighted by Crippen LogP contribution is 2.29. The summed E-state index contributed by atoms with van der Waals surface area (Å²) in [5.41, 5.74) is 1.13. The number of aliphatic carboxylic acids is 1. The van der Waals surface area contributed by atoms with Crippen molar-refractivity contribution in [2.24, 2.45) is 9.98 Å². The number of carboxylic acids is 1. The molecule has 0 aliphatic rings. The van der Waals surface area contributed by atoms with E-state index in [9.17, 15) is 27.9 Å². The number of carbonyl (C=O) groups is 2. The van der Waals surface area contributed by atoms with Gasteiger partial charge >= 0.3 is 12.1 Å². The lowest BCUT2D eigenvalue weighted by molar-refractivity contribution is -0.138. The van der Waals surface area contributed by atoms with Crippen molar-refractivity contribution in [1.82, 2.24) is 9.80 Å². The van der Waals surface area contributed by atoms with Crippen LogP contribution in [0.5, 0.6) is 0 Å². The molecule has 2 aromatic rings. The van der Waals surface area contributed by atoms with E-state index in [0.29, 0.717) is 29.3 Å². The number of amidine groups is 1. The van der Waals surface area contributed by atoms with Crippen LogP contribution in [0.4, 0.5) is 18.9 Å². The van der Waals surface area contributed by atoms with Crippen LogP contribution >= 0.6 is 0 Å². The summed E-state index contributed by atoms with van der Waals surface area (Å²) < 4.78 is 38.1. The molecule has 0 spiro atoms. The van der Waals surface area contributed by atoms with Gasteiger partial charge in [0.1, 0.15) is 11.7 Å². The van der Waals surface area contributed by atoms with Crippen molar-refractivity contribution in [3.8, 4) is 0 Å². The standard InChI is InChI=1S/C26H30F3N5O3/c1-30-23(33(2)3)21(16-22(35)36)24(34(4)5)31-15-14-17-6-12-20(13-7-17)32-25(37)18-8-10-19(11-9-18)26(27,28)29/h6-13,15H,14,16H2,1-5H3,(H,32,37)(H,35,36)/b24-21+,30-23?,31-15?. The first-order valence-corrected chi connectivity index (χ1v) is 11.2. The quantitative estimate of drug-likeness (QED) is 0.379. The van der Waals surface area contributed by atoms with Crippen molar-refractivity contribution in [3.63, 3.8) is 0 Å². The third-order valence-corrected chi connectivity index (χ3v) is 5.15. The number of alkyl halides is 3. The van der Waals surface area contributed by atoms with E-state index in [-0.39, 0.29) is 12.0 Å². The first-order chi connectivity index (χ1) is 17.3. The third kappa shape index (κ3) is 8.48. The number of amides is 1. The Morgan fingerprint density at radius 3 is 2.03 bits per heavy atom. The summed E-state index contributed by atoms with van der Waals surface area (Å²) in [4.78, 5) is 36.0. The summed E-state index contributed by atoms with van der Waals surface area (Å²) in [6.45, 7) is 0. The number of aliphatic imine (C=N–C) groups is 2. The van der Waals surface area contributed by atoms with Gasteiger partial charge in [0.15, 0.2) is 0 Å². The molecule has 198 valence electrons. The number of benzene rings is 2. The molecule has 2 N–H and O–H groups in total. The van der Waals surface area contributed by atoms with Crippen LogP contribution in [0, 0.1) is 0 Å². The zero-order valence-electron chi connectivity index (χ0n) is 21.3. The Balaban J connectivity index is 2.14. The van der Waals surface area contributed by atoms with Gasteiger partial charge in [0.2, 0.25) is 0 Å². The average Bonchev–Trinajstić information content (AvgIpc) is 2.81. The van der Waals surface area contributed by atoms with Crippen LogP contribution in [0.3, 0.4) is 0 Å². The van der Waals surface area contributed by atoms with Gasteiger partial charge < -0.3 is 20.2 Å². The van der Waals surface area contributed by atoms with E-state index in [4.69, 9.17) is 0 Å². The highest BCUT2D eigenvalue weighted by Gasteiger charge is 2.30. The van der Waals surface area contributed by atoms with Gasteiger partial charge in [0.25, 0.3) is 5.91 Å². The van der Waals surface area contributed by atoms with Gasteiger partial charge in [-0.1, -0.05) is 12.1 Å². The molecule has 0 unspecified atom stereocenters. The molecular formula is C26H30F3N5O3. The first kappa shape index (κ1) is 29.1. The molecule has 2 rings (SSSR count). The minimum Gasteiger partial charge on any atom is -0.481 e. The molecule has 0 fully saturated rings. The van der Waals surface area contributed by atoms with Gasteiger partial charge in [-0.2, -0.15) is 13.2 Å². The normalized spacial score (nSPS) is 12.8. The number of nitrogens with one attached hydrogen (secondary N) is 1. The summed E-state index contributed by atoms with van der Waals surface area (Å²) in [7, 11) is 8.68. The summed E-state index contributed by atoms with van der Waals surface area (Å²) >= 11 is 0.